The van der Waals surface area contributed by atoms with Crippen molar-refractivity contribution in [1.82, 2.24) is 0 Å². The summed E-state index contributed by atoms with van der Waals surface area (Å²) in [5.41, 5.74) is 7.68. The van der Waals surface area contributed by atoms with Gasteiger partial charge in [-0.2, -0.15) is 5.26 Å². The van der Waals surface area contributed by atoms with Crippen LogP contribution in [0.3, 0.4) is 0 Å². The molecule has 0 aliphatic rings. The van der Waals surface area contributed by atoms with E-state index in [0.717, 1.165) is 5.56 Å². The van der Waals surface area contributed by atoms with E-state index in [1.165, 1.54) is 18.2 Å². The number of hydrogen-bond donors (Lipinski definition) is 3. The number of carbonyl (C=O) groups excluding carboxylic acids is 1. The standard InChI is InChI=1S/C15H13N3O2/c16-8-7-10-1-3-11(4-2-10)18-15(20)13-9-12(19)5-6-14(13)17/h1-6,9,19H,7,17H2,(H,18,20). The van der Waals surface area contributed by atoms with Gasteiger partial charge in [0.2, 0.25) is 0 Å². The number of rotatable bonds is 3. The van der Waals surface area contributed by atoms with Crippen molar-refractivity contribution in [3.8, 4) is 11.8 Å². The normalized spacial score (nSPS) is 9.75. The van der Waals surface area contributed by atoms with Crippen LogP contribution in [0.15, 0.2) is 42.5 Å². The summed E-state index contributed by atoms with van der Waals surface area (Å²) < 4.78 is 0. The molecule has 0 heterocycles. The van der Waals surface area contributed by atoms with Crippen LogP contribution in [0.25, 0.3) is 0 Å². The fourth-order valence-electron chi connectivity index (χ4n) is 1.74. The smallest absolute Gasteiger partial charge is 0.257 e. The van der Waals surface area contributed by atoms with Crippen molar-refractivity contribution >= 4 is 17.3 Å². The van der Waals surface area contributed by atoms with Crippen LogP contribution in [0.5, 0.6) is 5.75 Å². The van der Waals surface area contributed by atoms with Crippen molar-refractivity contribution in [1.29, 1.82) is 5.26 Å². The first-order chi connectivity index (χ1) is 9.60. The lowest BCUT2D eigenvalue weighted by Crippen LogP contribution is -2.13. The van der Waals surface area contributed by atoms with Gasteiger partial charge in [0, 0.05) is 11.4 Å². The number of nitrogens with two attached hydrogens (primary N) is 1. The number of anilines is 2. The molecule has 0 atom stereocenters. The lowest BCUT2D eigenvalue weighted by Gasteiger charge is -2.08. The number of nitriles is 1. The molecule has 0 aromatic heterocycles. The quantitative estimate of drug-likeness (QED) is 0.586. The molecule has 5 heteroatoms. The molecule has 20 heavy (non-hydrogen) atoms. The lowest BCUT2D eigenvalue weighted by atomic mass is 10.1. The van der Waals surface area contributed by atoms with Gasteiger partial charge < -0.3 is 16.2 Å². The average Bonchev–Trinajstić information content (AvgIpc) is 2.44. The summed E-state index contributed by atoms with van der Waals surface area (Å²) in [6.45, 7) is 0. The van der Waals surface area contributed by atoms with Gasteiger partial charge in [0.15, 0.2) is 0 Å². The van der Waals surface area contributed by atoms with Crippen LogP contribution >= 0.6 is 0 Å². The first-order valence-corrected chi connectivity index (χ1v) is 5.96. The molecule has 0 fully saturated rings. The highest BCUT2D eigenvalue weighted by atomic mass is 16.3. The maximum absolute atomic E-state index is 12.0. The number of phenolic OH excluding ortho intramolecular Hbond substituents is 1. The molecule has 0 saturated heterocycles. The number of nitrogens with one attached hydrogen (secondary N) is 1. The van der Waals surface area contributed by atoms with Crippen LogP contribution in [0.4, 0.5) is 11.4 Å². The van der Waals surface area contributed by atoms with Crippen molar-refractivity contribution in [2.45, 2.75) is 6.42 Å². The van der Waals surface area contributed by atoms with Gasteiger partial charge in [-0.1, -0.05) is 12.1 Å². The molecule has 0 radical (unpaired) electrons. The minimum absolute atomic E-state index is 0.0197. The van der Waals surface area contributed by atoms with Crippen LogP contribution in [-0.4, -0.2) is 11.0 Å². The van der Waals surface area contributed by atoms with E-state index in [0.29, 0.717) is 17.8 Å². The number of aromatic hydroxyl groups is 1. The highest BCUT2D eigenvalue weighted by molar-refractivity contribution is 6.08. The minimum Gasteiger partial charge on any atom is -0.508 e. The second-order valence-electron chi connectivity index (χ2n) is 4.26. The number of phenols is 1. The number of hydrogen-bond acceptors (Lipinski definition) is 4. The zero-order valence-electron chi connectivity index (χ0n) is 10.6. The summed E-state index contributed by atoms with van der Waals surface area (Å²) in [5, 5.41) is 20.6. The van der Waals surface area contributed by atoms with E-state index in [9.17, 15) is 9.90 Å². The minimum atomic E-state index is -0.397. The Balaban J connectivity index is 2.15. The number of nitrogen functional groups attached to an aromatic ring is 1. The van der Waals surface area contributed by atoms with Crippen LogP contribution in [0, 0.1) is 11.3 Å². The first kappa shape index (κ1) is 13.4. The second kappa shape index (κ2) is 5.76. The van der Waals surface area contributed by atoms with E-state index in [1.807, 2.05) is 0 Å². The molecule has 0 aliphatic carbocycles. The van der Waals surface area contributed by atoms with Crippen LogP contribution in [-0.2, 0) is 6.42 Å². The fourth-order valence-corrected chi connectivity index (χ4v) is 1.74. The monoisotopic (exact) mass is 267 g/mol. The van der Waals surface area contributed by atoms with Crippen molar-refractivity contribution in [3.05, 3.63) is 53.6 Å². The zero-order chi connectivity index (χ0) is 14.5. The Kier molecular flexibility index (Phi) is 3.87. The molecule has 2 aromatic carbocycles. The zero-order valence-corrected chi connectivity index (χ0v) is 10.6. The Labute approximate surface area is 116 Å². The molecule has 0 spiro atoms. The predicted octanol–water partition coefficient (Wildman–Crippen LogP) is 2.29. The molecule has 2 aromatic rings. The Morgan fingerprint density at radius 1 is 1.25 bits per heavy atom. The summed E-state index contributed by atoms with van der Waals surface area (Å²) in [4.78, 5) is 12.0. The van der Waals surface area contributed by atoms with Gasteiger partial charge in [-0.3, -0.25) is 4.79 Å². The maximum Gasteiger partial charge on any atom is 0.257 e. The van der Waals surface area contributed by atoms with Gasteiger partial charge in [-0.15, -0.1) is 0 Å². The van der Waals surface area contributed by atoms with Crippen LogP contribution in [0.1, 0.15) is 15.9 Å². The topological polar surface area (TPSA) is 99.1 Å². The fraction of sp³-hybridized carbons (Fsp3) is 0.0667. The second-order valence-corrected chi connectivity index (χ2v) is 4.26. The van der Waals surface area contributed by atoms with E-state index in [-0.39, 0.29) is 11.3 Å². The third-order valence-corrected chi connectivity index (χ3v) is 2.78. The number of benzene rings is 2. The average molecular weight is 267 g/mol. The maximum atomic E-state index is 12.0. The van der Waals surface area contributed by atoms with E-state index >= 15 is 0 Å². The van der Waals surface area contributed by atoms with Gasteiger partial charge in [0.25, 0.3) is 5.91 Å². The van der Waals surface area contributed by atoms with Crippen LogP contribution < -0.4 is 11.1 Å². The van der Waals surface area contributed by atoms with Crippen molar-refractivity contribution in [2.24, 2.45) is 0 Å². The Morgan fingerprint density at radius 3 is 2.60 bits per heavy atom. The molecule has 0 unspecified atom stereocenters. The van der Waals surface area contributed by atoms with Crippen molar-refractivity contribution < 1.29 is 9.90 Å². The summed E-state index contributed by atoms with van der Waals surface area (Å²) in [7, 11) is 0. The Hall–Kier alpha value is -3.00. The highest BCUT2D eigenvalue weighted by Gasteiger charge is 2.10. The van der Waals surface area contributed by atoms with Gasteiger partial charge >= 0.3 is 0 Å². The molecule has 100 valence electrons. The lowest BCUT2D eigenvalue weighted by molar-refractivity contribution is 0.102. The molecule has 1 amide bonds. The summed E-state index contributed by atoms with van der Waals surface area (Å²) in [6, 6.07) is 13.2. The van der Waals surface area contributed by atoms with Gasteiger partial charge in [-0.25, -0.2) is 0 Å². The molecular weight excluding hydrogens is 254 g/mol. The molecular formula is C15H13N3O2. The third-order valence-electron chi connectivity index (χ3n) is 2.78. The van der Waals surface area contributed by atoms with E-state index < -0.39 is 5.91 Å². The van der Waals surface area contributed by atoms with Gasteiger partial charge in [-0.05, 0) is 35.9 Å². The number of amides is 1. The summed E-state index contributed by atoms with van der Waals surface area (Å²) in [6.07, 6.45) is 0.327. The third kappa shape index (κ3) is 3.06. The summed E-state index contributed by atoms with van der Waals surface area (Å²) >= 11 is 0. The number of carbonyl (C=O) groups is 1. The molecule has 0 saturated carbocycles. The van der Waals surface area contributed by atoms with Gasteiger partial charge in [0.1, 0.15) is 5.75 Å². The van der Waals surface area contributed by atoms with Gasteiger partial charge in [0.05, 0.1) is 18.1 Å². The molecule has 0 aliphatic heterocycles. The number of nitrogens with zero attached hydrogens (tertiary/aromatic N) is 1. The van der Waals surface area contributed by atoms with Crippen molar-refractivity contribution in [2.75, 3.05) is 11.1 Å². The first-order valence-electron chi connectivity index (χ1n) is 5.96. The largest absolute Gasteiger partial charge is 0.508 e. The Bertz CT molecular complexity index is 673. The van der Waals surface area contributed by atoms with E-state index in [2.05, 4.69) is 11.4 Å². The van der Waals surface area contributed by atoms with E-state index in [1.54, 1.807) is 24.3 Å². The summed E-state index contributed by atoms with van der Waals surface area (Å²) in [5.74, 6) is -0.417. The molecule has 2 rings (SSSR count). The van der Waals surface area contributed by atoms with E-state index in [4.69, 9.17) is 11.0 Å². The van der Waals surface area contributed by atoms with Crippen LogP contribution in [0.2, 0.25) is 0 Å². The van der Waals surface area contributed by atoms with Crippen molar-refractivity contribution in [3.63, 3.8) is 0 Å². The molecule has 4 N–H and O–H groups in total. The Morgan fingerprint density at radius 2 is 1.95 bits per heavy atom. The molecule has 5 nitrogen and oxygen atoms in total. The predicted molar refractivity (Wildman–Crippen MR) is 76.2 cm³/mol. The SMILES string of the molecule is N#CCc1ccc(NC(=O)c2cc(O)ccc2N)cc1. The highest BCUT2D eigenvalue weighted by Crippen LogP contribution is 2.20. The molecule has 0 bridgehead atoms.